The molecule has 160 valence electrons. The normalized spacial score (nSPS) is 23.6. The first kappa shape index (κ1) is 19.1. The molecule has 2 aromatic heterocycles. The molecular formula is C19H23F2N7O2. The molecule has 1 N–H and O–H groups in total. The Labute approximate surface area is 171 Å². The molecule has 2 amide bonds. The van der Waals surface area contributed by atoms with Gasteiger partial charge in [-0.1, -0.05) is 0 Å². The quantitative estimate of drug-likeness (QED) is 0.793. The summed E-state index contributed by atoms with van der Waals surface area (Å²) in [5, 5.41) is 11.4. The summed E-state index contributed by atoms with van der Waals surface area (Å²) in [5.41, 5.74) is 1.02. The van der Waals surface area contributed by atoms with E-state index in [0.29, 0.717) is 25.4 Å². The summed E-state index contributed by atoms with van der Waals surface area (Å²) in [7, 11) is 1.68. The van der Waals surface area contributed by atoms with Gasteiger partial charge in [-0.3, -0.25) is 19.2 Å². The molecule has 0 spiro atoms. The largest absolute Gasteiger partial charge is 0.337 e. The number of carbonyl (C=O) groups is 2. The van der Waals surface area contributed by atoms with Gasteiger partial charge in [-0.2, -0.15) is 5.10 Å². The van der Waals surface area contributed by atoms with Crippen molar-refractivity contribution in [3.8, 4) is 0 Å². The first-order chi connectivity index (χ1) is 14.3. The third-order valence-electron chi connectivity index (χ3n) is 6.04. The highest BCUT2D eigenvalue weighted by Crippen LogP contribution is 2.43. The number of nitrogens with zero attached hydrogens (tertiary/aromatic N) is 6. The van der Waals surface area contributed by atoms with Crippen molar-refractivity contribution in [2.75, 3.05) is 11.9 Å². The van der Waals surface area contributed by atoms with Crippen LogP contribution in [-0.4, -0.2) is 55.4 Å². The van der Waals surface area contributed by atoms with Gasteiger partial charge in [0.25, 0.3) is 11.8 Å². The first-order valence-electron chi connectivity index (χ1n) is 10.2. The van der Waals surface area contributed by atoms with Crippen LogP contribution in [-0.2, 0) is 17.9 Å². The molecule has 9 nitrogen and oxygen atoms in total. The lowest BCUT2D eigenvalue weighted by Gasteiger charge is -2.34. The van der Waals surface area contributed by atoms with Crippen molar-refractivity contribution >= 4 is 17.6 Å². The molecule has 1 unspecified atom stereocenters. The number of anilines is 1. The summed E-state index contributed by atoms with van der Waals surface area (Å²) < 4.78 is 29.2. The fourth-order valence-electron chi connectivity index (χ4n) is 4.18. The molecule has 2 aliphatic carbocycles. The maximum atomic E-state index is 13.0. The number of halogens is 2. The lowest BCUT2D eigenvalue weighted by molar-refractivity contribution is -0.120. The number of carbonyl (C=O) groups excluding carboxylic acids is 2. The van der Waals surface area contributed by atoms with Crippen LogP contribution in [0.5, 0.6) is 0 Å². The molecule has 2 fully saturated rings. The van der Waals surface area contributed by atoms with E-state index in [4.69, 9.17) is 0 Å². The zero-order valence-electron chi connectivity index (χ0n) is 16.6. The van der Waals surface area contributed by atoms with Crippen LogP contribution in [0.3, 0.4) is 0 Å². The number of amides is 2. The molecule has 2 saturated carbocycles. The number of rotatable bonds is 5. The van der Waals surface area contributed by atoms with Crippen molar-refractivity contribution in [2.24, 2.45) is 5.92 Å². The highest BCUT2D eigenvalue weighted by atomic mass is 19.3. The van der Waals surface area contributed by atoms with Gasteiger partial charge in [-0.15, -0.1) is 5.10 Å². The fraction of sp³-hybridized carbons (Fsp3) is 0.632. The summed E-state index contributed by atoms with van der Waals surface area (Å²) in [4.78, 5) is 30.9. The van der Waals surface area contributed by atoms with Crippen molar-refractivity contribution in [1.82, 2.24) is 29.9 Å². The van der Waals surface area contributed by atoms with Crippen molar-refractivity contribution in [1.29, 1.82) is 0 Å². The molecule has 5 rings (SSSR count). The lowest BCUT2D eigenvalue weighted by atomic mass is 9.81. The van der Waals surface area contributed by atoms with Gasteiger partial charge in [-0.25, -0.2) is 18.4 Å². The van der Waals surface area contributed by atoms with Crippen LogP contribution in [0.15, 0.2) is 12.4 Å². The average Bonchev–Trinajstić information content (AvgIpc) is 3.29. The topological polar surface area (TPSA) is 97.9 Å². The Hall–Kier alpha value is -2.85. The van der Waals surface area contributed by atoms with Crippen LogP contribution in [0.4, 0.5) is 14.6 Å². The molecule has 0 saturated heterocycles. The average molecular weight is 419 g/mol. The van der Waals surface area contributed by atoms with Gasteiger partial charge in [0.2, 0.25) is 11.7 Å². The van der Waals surface area contributed by atoms with Crippen LogP contribution in [0.25, 0.3) is 0 Å². The minimum Gasteiger partial charge on any atom is -0.337 e. The second-order valence-electron chi connectivity index (χ2n) is 8.56. The van der Waals surface area contributed by atoms with Crippen LogP contribution in [0, 0.1) is 5.92 Å². The Bertz CT molecular complexity index is 989. The van der Waals surface area contributed by atoms with Gasteiger partial charge in [0.1, 0.15) is 18.2 Å². The summed E-state index contributed by atoms with van der Waals surface area (Å²) in [6, 6.07) is 1.23. The summed E-state index contributed by atoms with van der Waals surface area (Å²) in [5.74, 6) is -2.39. The first-order valence-corrected chi connectivity index (χ1v) is 10.2. The van der Waals surface area contributed by atoms with Gasteiger partial charge in [0, 0.05) is 45.0 Å². The standard InChI is InChI=1S/C19H23F2N7O2/c1-26-15-6-14(12-2-3-12)24-28(15)5-4-13(18(26)30)23-17(29)16-22-10-27(25-16)9-11-7-19(20,21)8-11/h6,10-13H,2-5,7-9H2,1H3,(H,23,29). The number of alkyl halides is 2. The number of fused-ring (bicyclic) bond motifs is 1. The summed E-state index contributed by atoms with van der Waals surface area (Å²) in [6.45, 7) is 0.812. The van der Waals surface area contributed by atoms with Gasteiger partial charge in [0.15, 0.2) is 0 Å². The molecule has 30 heavy (non-hydrogen) atoms. The van der Waals surface area contributed by atoms with E-state index in [-0.39, 0.29) is 30.5 Å². The molecule has 2 aromatic rings. The Morgan fingerprint density at radius 3 is 2.73 bits per heavy atom. The number of nitrogens with one attached hydrogen (secondary N) is 1. The Morgan fingerprint density at radius 2 is 2.03 bits per heavy atom. The van der Waals surface area contributed by atoms with Gasteiger partial charge in [0.05, 0.1) is 5.69 Å². The van der Waals surface area contributed by atoms with Crippen molar-refractivity contribution in [2.45, 2.75) is 63.1 Å². The summed E-state index contributed by atoms with van der Waals surface area (Å²) >= 11 is 0. The van der Waals surface area contributed by atoms with Crippen molar-refractivity contribution < 1.29 is 18.4 Å². The fourth-order valence-corrected chi connectivity index (χ4v) is 4.18. The molecule has 3 aliphatic rings. The van der Waals surface area contributed by atoms with E-state index in [0.717, 1.165) is 24.4 Å². The number of hydrogen-bond donors (Lipinski definition) is 1. The molecule has 1 aliphatic heterocycles. The lowest BCUT2D eigenvalue weighted by Crippen LogP contribution is -2.47. The number of aromatic nitrogens is 5. The van der Waals surface area contributed by atoms with Crippen LogP contribution in [0.1, 0.15) is 54.3 Å². The van der Waals surface area contributed by atoms with E-state index in [2.05, 4.69) is 20.5 Å². The van der Waals surface area contributed by atoms with E-state index >= 15 is 0 Å². The van der Waals surface area contributed by atoms with Crippen molar-refractivity contribution in [3.63, 3.8) is 0 Å². The maximum absolute atomic E-state index is 13.0. The second-order valence-corrected chi connectivity index (χ2v) is 8.56. The number of likely N-dealkylation sites (N-methyl/N-ethyl adjacent to an activating group) is 1. The zero-order valence-corrected chi connectivity index (χ0v) is 16.6. The Kier molecular flexibility index (Phi) is 4.37. The molecule has 1 atom stereocenters. The van der Waals surface area contributed by atoms with Crippen LogP contribution < -0.4 is 10.2 Å². The Morgan fingerprint density at radius 1 is 1.27 bits per heavy atom. The third-order valence-corrected chi connectivity index (χ3v) is 6.04. The molecule has 0 bridgehead atoms. The molecular weight excluding hydrogens is 396 g/mol. The zero-order chi connectivity index (χ0) is 21.0. The minimum atomic E-state index is -2.59. The highest BCUT2D eigenvalue weighted by molar-refractivity contribution is 6.00. The molecule has 11 heteroatoms. The monoisotopic (exact) mass is 419 g/mol. The highest BCUT2D eigenvalue weighted by Gasteiger charge is 2.45. The van der Waals surface area contributed by atoms with Crippen molar-refractivity contribution in [3.05, 3.63) is 23.9 Å². The molecule has 3 heterocycles. The number of aryl methyl sites for hydroxylation is 1. The Balaban J connectivity index is 1.22. The van der Waals surface area contributed by atoms with E-state index < -0.39 is 17.9 Å². The SMILES string of the molecule is CN1C(=O)C(NC(=O)c2ncn(CC3CC(F)(F)C3)n2)CCn2nc(C3CC3)cc21. The minimum absolute atomic E-state index is 0.0745. The van der Waals surface area contributed by atoms with Gasteiger partial charge >= 0.3 is 0 Å². The van der Waals surface area contributed by atoms with E-state index in [1.807, 2.05) is 10.7 Å². The van der Waals surface area contributed by atoms with Gasteiger partial charge in [-0.05, 0) is 25.2 Å². The smallest absolute Gasteiger partial charge is 0.291 e. The molecule has 0 aromatic carbocycles. The molecule has 0 radical (unpaired) electrons. The predicted octanol–water partition coefficient (Wildman–Crippen LogP) is 1.56. The van der Waals surface area contributed by atoms with Crippen LogP contribution in [0.2, 0.25) is 0 Å². The second kappa shape index (κ2) is 6.85. The third kappa shape index (κ3) is 3.56. The predicted molar refractivity (Wildman–Crippen MR) is 101 cm³/mol. The summed E-state index contributed by atoms with van der Waals surface area (Å²) in [6.07, 6.45) is 3.70. The maximum Gasteiger partial charge on any atom is 0.291 e. The van der Waals surface area contributed by atoms with E-state index in [9.17, 15) is 18.4 Å². The number of hydrogen-bond acceptors (Lipinski definition) is 5. The van der Waals surface area contributed by atoms with Gasteiger partial charge < -0.3 is 5.32 Å². The van der Waals surface area contributed by atoms with E-state index in [1.54, 1.807) is 7.05 Å². The van der Waals surface area contributed by atoms with E-state index in [1.165, 1.54) is 15.9 Å². The van der Waals surface area contributed by atoms with Crippen LogP contribution >= 0.6 is 0 Å².